The summed E-state index contributed by atoms with van der Waals surface area (Å²) in [5.74, 6) is 0.00411. The van der Waals surface area contributed by atoms with Crippen LogP contribution in [-0.2, 0) is 6.54 Å². The number of carbonyl (C=O) groups excluding carboxylic acids is 2. The minimum Gasteiger partial charge on any atom is -0.351 e. The average Bonchev–Trinajstić information content (AvgIpc) is 3.00. The molecule has 1 aromatic heterocycles. The molecule has 0 unspecified atom stereocenters. The SMILES string of the molecule is NC(=O)Nc1ccc(C(=O)N2CCN(Cc3ccc(Cl)s3)CC2)cc1. The fourth-order valence-electron chi connectivity index (χ4n) is 2.79. The minimum absolute atomic E-state index is 0.00411. The highest BCUT2D eigenvalue weighted by atomic mass is 35.5. The van der Waals surface area contributed by atoms with Crippen molar-refractivity contribution in [2.45, 2.75) is 6.54 Å². The van der Waals surface area contributed by atoms with Crippen LogP contribution in [0.5, 0.6) is 0 Å². The Morgan fingerprint density at radius 2 is 1.76 bits per heavy atom. The molecule has 2 aromatic rings. The molecule has 1 aliphatic rings. The van der Waals surface area contributed by atoms with Gasteiger partial charge >= 0.3 is 6.03 Å². The molecule has 8 heteroatoms. The summed E-state index contributed by atoms with van der Waals surface area (Å²) in [6.45, 7) is 3.93. The number of thiophene rings is 1. The number of anilines is 1. The Bertz CT molecular complexity index is 754. The van der Waals surface area contributed by atoms with Crippen molar-refractivity contribution in [3.8, 4) is 0 Å². The summed E-state index contributed by atoms with van der Waals surface area (Å²) in [6, 6.07) is 10.1. The lowest BCUT2D eigenvalue weighted by Gasteiger charge is -2.34. The van der Waals surface area contributed by atoms with Crippen molar-refractivity contribution in [2.75, 3.05) is 31.5 Å². The second kappa shape index (κ2) is 7.86. The van der Waals surface area contributed by atoms with E-state index in [4.69, 9.17) is 17.3 Å². The molecule has 25 heavy (non-hydrogen) atoms. The van der Waals surface area contributed by atoms with Gasteiger partial charge in [0.1, 0.15) is 0 Å². The highest BCUT2D eigenvalue weighted by Gasteiger charge is 2.22. The molecule has 1 saturated heterocycles. The molecule has 132 valence electrons. The zero-order valence-corrected chi connectivity index (χ0v) is 15.1. The number of nitrogens with two attached hydrogens (primary N) is 1. The number of primary amides is 1. The van der Waals surface area contributed by atoms with Gasteiger partial charge in [0, 0.05) is 48.9 Å². The van der Waals surface area contributed by atoms with Crippen molar-refractivity contribution in [1.82, 2.24) is 9.80 Å². The number of benzene rings is 1. The van der Waals surface area contributed by atoms with Gasteiger partial charge in [-0.2, -0.15) is 0 Å². The number of nitrogens with zero attached hydrogens (tertiary/aromatic N) is 2. The fraction of sp³-hybridized carbons (Fsp3) is 0.294. The average molecular weight is 379 g/mol. The van der Waals surface area contributed by atoms with Gasteiger partial charge in [0.05, 0.1) is 4.34 Å². The van der Waals surface area contributed by atoms with Gasteiger partial charge in [-0.05, 0) is 36.4 Å². The van der Waals surface area contributed by atoms with Gasteiger partial charge in [-0.15, -0.1) is 11.3 Å². The van der Waals surface area contributed by atoms with Gasteiger partial charge in [0.25, 0.3) is 5.91 Å². The number of carbonyl (C=O) groups is 2. The van der Waals surface area contributed by atoms with E-state index in [9.17, 15) is 9.59 Å². The number of rotatable bonds is 4. The maximum atomic E-state index is 12.6. The maximum absolute atomic E-state index is 12.6. The highest BCUT2D eigenvalue weighted by Crippen LogP contribution is 2.23. The summed E-state index contributed by atoms with van der Waals surface area (Å²) in [6.07, 6.45) is 0. The lowest BCUT2D eigenvalue weighted by atomic mass is 10.1. The summed E-state index contributed by atoms with van der Waals surface area (Å²) in [7, 11) is 0. The first-order chi connectivity index (χ1) is 12.0. The Labute approximate surface area is 155 Å². The molecule has 2 heterocycles. The highest BCUT2D eigenvalue weighted by molar-refractivity contribution is 7.16. The third-order valence-electron chi connectivity index (χ3n) is 4.07. The van der Waals surface area contributed by atoms with E-state index in [0.29, 0.717) is 24.3 Å². The van der Waals surface area contributed by atoms with Crippen LogP contribution in [0.1, 0.15) is 15.2 Å². The number of hydrogen-bond acceptors (Lipinski definition) is 4. The topological polar surface area (TPSA) is 78.7 Å². The molecule has 0 spiro atoms. The van der Waals surface area contributed by atoms with E-state index in [0.717, 1.165) is 24.0 Å². The Hall–Kier alpha value is -2.09. The Morgan fingerprint density at radius 3 is 2.32 bits per heavy atom. The minimum atomic E-state index is -0.623. The van der Waals surface area contributed by atoms with Crippen LogP contribution < -0.4 is 11.1 Å². The number of urea groups is 1. The monoisotopic (exact) mass is 378 g/mol. The predicted octanol–water partition coefficient (Wildman–Crippen LogP) is 2.85. The number of nitrogens with one attached hydrogen (secondary N) is 1. The number of piperazine rings is 1. The number of amides is 3. The third kappa shape index (κ3) is 4.72. The molecule has 1 fully saturated rings. The van der Waals surface area contributed by atoms with E-state index in [2.05, 4.69) is 10.2 Å². The van der Waals surface area contributed by atoms with Crippen LogP contribution in [0.15, 0.2) is 36.4 Å². The van der Waals surface area contributed by atoms with Crippen molar-refractivity contribution in [3.63, 3.8) is 0 Å². The second-order valence-corrected chi connectivity index (χ2v) is 7.64. The maximum Gasteiger partial charge on any atom is 0.316 e. The lowest BCUT2D eigenvalue weighted by Crippen LogP contribution is -2.48. The molecule has 1 aromatic carbocycles. The van der Waals surface area contributed by atoms with Crippen LogP contribution in [0.2, 0.25) is 4.34 Å². The van der Waals surface area contributed by atoms with Crippen molar-refractivity contribution in [2.24, 2.45) is 5.73 Å². The van der Waals surface area contributed by atoms with Crippen LogP contribution in [0.4, 0.5) is 10.5 Å². The molecule has 0 atom stereocenters. The molecule has 0 bridgehead atoms. The molecule has 0 aliphatic carbocycles. The lowest BCUT2D eigenvalue weighted by molar-refractivity contribution is 0.0629. The molecule has 3 amide bonds. The van der Waals surface area contributed by atoms with Crippen LogP contribution in [0, 0.1) is 0 Å². The van der Waals surface area contributed by atoms with Gasteiger partial charge in [-0.1, -0.05) is 11.6 Å². The van der Waals surface area contributed by atoms with Crippen molar-refractivity contribution in [1.29, 1.82) is 0 Å². The second-order valence-electron chi connectivity index (χ2n) is 5.84. The van der Waals surface area contributed by atoms with E-state index in [1.165, 1.54) is 4.88 Å². The fourth-order valence-corrected chi connectivity index (χ4v) is 3.92. The summed E-state index contributed by atoms with van der Waals surface area (Å²) >= 11 is 7.56. The largest absolute Gasteiger partial charge is 0.351 e. The van der Waals surface area contributed by atoms with E-state index in [-0.39, 0.29) is 5.91 Å². The van der Waals surface area contributed by atoms with Gasteiger partial charge < -0.3 is 16.0 Å². The van der Waals surface area contributed by atoms with Crippen LogP contribution in [0.3, 0.4) is 0 Å². The Kier molecular flexibility index (Phi) is 5.57. The van der Waals surface area contributed by atoms with Crippen molar-refractivity contribution >= 4 is 40.6 Å². The molecule has 0 radical (unpaired) electrons. The first kappa shape index (κ1) is 17.7. The van der Waals surface area contributed by atoms with Crippen LogP contribution in [0.25, 0.3) is 0 Å². The van der Waals surface area contributed by atoms with Gasteiger partial charge in [-0.25, -0.2) is 4.79 Å². The standard InChI is InChI=1S/C17H19ClN4O2S/c18-15-6-5-14(25-15)11-21-7-9-22(10-8-21)16(23)12-1-3-13(4-2-12)20-17(19)24/h1-6H,7-11H2,(H3,19,20,24). The van der Waals surface area contributed by atoms with Crippen LogP contribution in [-0.4, -0.2) is 47.9 Å². The molecule has 0 saturated carbocycles. The normalized spacial score (nSPS) is 15.2. The molecule has 3 rings (SSSR count). The smallest absolute Gasteiger partial charge is 0.316 e. The van der Waals surface area contributed by atoms with E-state index >= 15 is 0 Å². The summed E-state index contributed by atoms with van der Waals surface area (Å²) in [5.41, 5.74) is 6.25. The molecule has 6 nitrogen and oxygen atoms in total. The van der Waals surface area contributed by atoms with Gasteiger partial charge in [0.15, 0.2) is 0 Å². The molecule has 3 N–H and O–H groups in total. The van der Waals surface area contributed by atoms with Crippen LogP contribution >= 0.6 is 22.9 Å². The Balaban J connectivity index is 1.53. The van der Waals surface area contributed by atoms with Gasteiger partial charge in [0.2, 0.25) is 0 Å². The number of hydrogen-bond donors (Lipinski definition) is 2. The van der Waals surface area contributed by atoms with Crippen molar-refractivity contribution < 1.29 is 9.59 Å². The van der Waals surface area contributed by atoms with Crippen molar-refractivity contribution in [3.05, 3.63) is 51.2 Å². The Morgan fingerprint density at radius 1 is 1.08 bits per heavy atom. The first-order valence-corrected chi connectivity index (χ1v) is 9.13. The van der Waals surface area contributed by atoms with E-state index in [1.807, 2.05) is 17.0 Å². The zero-order chi connectivity index (χ0) is 17.8. The van der Waals surface area contributed by atoms with E-state index < -0.39 is 6.03 Å². The first-order valence-electron chi connectivity index (χ1n) is 7.93. The summed E-state index contributed by atoms with van der Waals surface area (Å²) in [4.78, 5) is 28.8. The van der Waals surface area contributed by atoms with Gasteiger partial charge in [-0.3, -0.25) is 9.69 Å². The summed E-state index contributed by atoms with van der Waals surface area (Å²) < 4.78 is 0.804. The zero-order valence-electron chi connectivity index (χ0n) is 13.6. The quantitative estimate of drug-likeness (QED) is 0.858. The van der Waals surface area contributed by atoms with E-state index in [1.54, 1.807) is 35.6 Å². The number of halogens is 1. The molecular formula is C17H19ClN4O2S. The third-order valence-corrected chi connectivity index (χ3v) is 5.28. The molecular weight excluding hydrogens is 360 g/mol. The predicted molar refractivity (Wildman–Crippen MR) is 100 cm³/mol. The molecule has 1 aliphatic heterocycles. The summed E-state index contributed by atoms with van der Waals surface area (Å²) in [5, 5.41) is 2.48.